The Labute approximate surface area is 125 Å². The minimum Gasteiger partial charge on any atom is -0.252 e. The zero-order valence-electron chi connectivity index (χ0n) is 11.0. The molecule has 0 radical (unpaired) electrons. The second-order valence-electron chi connectivity index (χ2n) is 4.50. The first-order chi connectivity index (χ1) is 10.4. The molecule has 5 heteroatoms. The van der Waals surface area contributed by atoms with Crippen LogP contribution in [0.25, 0.3) is 22.1 Å². The molecule has 0 spiro atoms. The second kappa shape index (κ2) is 5.10. The van der Waals surface area contributed by atoms with Crippen molar-refractivity contribution in [1.29, 1.82) is 0 Å². The molecule has 0 bridgehead atoms. The molecule has 4 rings (SSSR count). The number of hydrogen-bond acceptors (Lipinski definition) is 5. The van der Waals surface area contributed by atoms with Gasteiger partial charge in [0.1, 0.15) is 10.1 Å². The fraction of sp³-hybridized carbons (Fsp3) is 0. The van der Waals surface area contributed by atoms with Crippen LogP contribution in [0.2, 0.25) is 0 Å². The molecule has 2 heterocycles. The van der Waals surface area contributed by atoms with Gasteiger partial charge in [0, 0.05) is 0 Å². The van der Waals surface area contributed by atoms with E-state index in [0.29, 0.717) is 0 Å². The third-order valence-corrected chi connectivity index (χ3v) is 3.87. The van der Waals surface area contributed by atoms with Crippen LogP contribution in [0.1, 0.15) is 0 Å². The normalized spacial score (nSPS) is 11.0. The van der Waals surface area contributed by atoms with Crippen LogP contribution in [0.5, 0.6) is 0 Å². The van der Waals surface area contributed by atoms with E-state index in [0.717, 1.165) is 32.1 Å². The summed E-state index contributed by atoms with van der Waals surface area (Å²) in [5.74, 6) is 0. The third kappa shape index (κ3) is 2.43. The van der Waals surface area contributed by atoms with Gasteiger partial charge in [-0.25, -0.2) is 9.97 Å². The smallest absolute Gasteiger partial charge is 0.121 e. The van der Waals surface area contributed by atoms with Gasteiger partial charge in [0.05, 0.1) is 34.5 Å². The fourth-order valence-corrected chi connectivity index (χ4v) is 2.80. The third-order valence-electron chi connectivity index (χ3n) is 3.06. The Morgan fingerprint density at radius 1 is 0.571 bits per heavy atom. The highest BCUT2D eigenvalue weighted by Crippen LogP contribution is 2.25. The lowest BCUT2D eigenvalue weighted by Gasteiger charge is -2.02. The average Bonchev–Trinajstić information content (AvgIpc) is 2.55. The Kier molecular flexibility index (Phi) is 2.97. The maximum absolute atomic E-state index is 4.58. The van der Waals surface area contributed by atoms with Crippen molar-refractivity contribution in [3.63, 3.8) is 0 Å². The first-order valence-electron chi connectivity index (χ1n) is 6.50. The van der Waals surface area contributed by atoms with Crippen molar-refractivity contribution in [2.75, 3.05) is 0 Å². The number of nitrogens with zero attached hydrogens (tertiary/aromatic N) is 4. The summed E-state index contributed by atoms with van der Waals surface area (Å²) in [7, 11) is 0. The van der Waals surface area contributed by atoms with E-state index < -0.39 is 0 Å². The van der Waals surface area contributed by atoms with E-state index in [2.05, 4.69) is 19.9 Å². The van der Waals surface area contributed by atoms with Crippen molar-refractivity contribution in [1.82, 2.24) is 19.9 Å². The molecule has 0 aliphatic rings. The largest absolute Gasteiger partial charge is 0.252 e. The SMILES string of the molecule is c1ccc2nc(Sc3cnc4ccccc4n3)cnc2c1. The van der Waals surface area contributed by atoms with Crippen LogP contribution >= 0.6 is 11.8 Å². The topological polar surface area (TPSA) is 51.6 Å². The van der Waals surface area contributed by atoms with Crippen molar-refractivity contribution in [3.05, 3.63) is 60.9 Å². The van der Waals surface area contributed by atoms with Crippen LogP contribution in [-0.4, -0.2) is 19.9 Å². The number of benzene rings is 2. The summed E-state index contributed by atoms with van der Waals surface area (Å²) in [6, 6.07) is 15.6. The summed E-state index contributed by atoms with van der Waals surface area (Å²) in [5.41, 5.74) is 3.56. The molecule has 0 saturated heterocycles. The molecule has 0 saturated carbocycles. The number of para-hydroxylation sites is 4. The van der Waals surface area contributed by atoms with Crippen LogP contribution in [-0.2, 0) is 0 Å². The summed E-state index contributed by atoms with van der Waals surface area (Å²) in [4.78, 5) is 18.0. The minimum atomic E-state index is 0.818. The molecule has 2 aromatic carbocycles. The molecule has 0 aliphatic carbocycles. The summed E-state index contributed by atoms with van der Waals surface area (Å²) in [6.07, 6.45) is 3.54. The van der Waals surface area contributed by atoms with Crippen LogP contribution in [0.4, 0.5) is 0 Å². The van der Waals surface area contributed by atoms with Gasteiger partial charge in [-0.3, -0.25) is 9.97 Å². The van der Waals surface area contributed by atoms with E-state index in [1.165, 1.54) is 11.8 Å². The number of rotatable bonds is 2. The molecule has 0 atom stereocenters. The first-order valence-corrected chi connectivity index (χ1v) is 7.31. The molecular formula is C16H10N4S. The molecule has 100 valence electrons. The zero-order chi connectivity index (χ0) is 14.1. The number of hydrogen-bond donors (Lipinski definition) is 0. The van der Waals surface area contributed by atoms with Crippen molar-refractivity contribution in [3.8, 4) is 0 Å². The van der Waals surface area contributed by atoms with Crippen LogP contribution in [0.3, 0.4) is 0 Å². The predicted molar refractivity (Wildman–Crippen MR) is 83.2 cm³/mol. The van der Waals surface area contributed by atoms with Gasteiger partial charge < -0.3 is 0 Å². The Bertz CT molecular complexity index is 862. The van der Waals surface area contributed by atoms with Crippen LogP contribution in [0, 0.1) is 0 Å². The van der Waals surface area contributed by atoms with Crippen molar-refractivity contribution >= 4 is 33.8 Å². The van der Waals surface area contributed by atoms with E-state index in [9.17, 15) is 0 Å². The molecule has 0 unspecified atom stereocenters. The Hall–Kier alpha value is -2.53. The van der Waals surface area contributed by atoms with Gasteiger partial charge in [0.15, 0.2) is 0 Å². The van der Waals surface area contributed by atoms with Crippen molar-refractivity contribution in [2.45, 2.75) is 10.1 Å². The number of aromatic nitrogens is 4. The molecular weight excluding hydrogens is 280 g/mol. The summed E-state index contributed by atoms with van der Waals surface area (Å²) in [5, 5.41) is 1.64. The van der Waals surface area contributed by atoms with E-state index >= 15 is 0 Å². The standard InChI is InChI=1S/C16H10N4S/c1-3-7-13-11(5-1)17-9-15(19-13)21-16-10-18-12-6-2-4-8-14(12)20-16/h1-10H. The maximum atomic E-state index is 4.58. The van der Waals surface area contributed by atoms with E-state index in [1.54, 1.807) is 12.4 Å². The van der Waals surface area contributed by atoms with Crippen LogP contribution < -0.4 is 0 Å². The first kappa shape index (κ1) is 12.2. The molecule has 0 aliphatic heterocycles. The predicted octanol–water partition coefficient (Wildman–Crippen LogP) is 3.72. The highest BCUT2D eigenvalue weighted by Gasteiger charge is 2.04. The van der Waals surface area contributed by atoms with Gasteiger partial charge in [-0.15, -0.1) is 0 Å². The summed E-state index contributed by atoms with van der Waals surface area (Å²) in [6.45, 7) is 0. The van der Waals surface area contributed by atoms with Gasteiger partial charge in [-0.1, -0.05) is 24.3 Å². The quantitative estimate of drug-likeness (QED) is 0.563. The molecule has 4 nitrogen and oxygen atoms in total. The highest BCUT2D eigenvalue weighted by atomic mass is 32.2. The van der Waals surface area contributed by atoms with Gasteiger partial charge in [0.25, 0.3) is 0 Å². The van der Waals surface area contributed by atoms with Gasteiger partial charge >= 0.3 is 0 Å². The lowest BCUT2D eigenvalue weighted by Crippen LogP contribution is -1.89. The van der Waals surface area contributed by atoms with Gasteiger partial charge in [-0.2, -0.15) is 0 Å². The summed E-state index contributed by atoms with van der Waals surface area (Å²) < 4.78 is 0. The summed E-state index contributed by atoms with van der Waals surface area (Å²) >= 11 is 1.47. The molecule has 4 aromatic rings. The van der Waals surface area contributed by atoms with E-state index in [4.69, 9.17) is 0 Å². The Morgan fingerprint density at radius 2 is 1.00 bits per heavy atom. The zero-order valence-corrected chi connectivity index (χ0v) is 11.8. The molecule has 0 N–H and O–H groups in total. The maximum Gasteiger partial charge on any atom is 0.121 e. The lowest BCUT2D eigenvalue weighted by atomic mass is 10.3. The lowest BCUT2D eigenvalue weighted by molar-refractivity contribution is 1.08. The Balaban J connectivity index is 1.71. The highest BCUT2D eigenvalue weighted by molar-refractivity contribution is 7.99. The van der Waals surface area contributed by atoms with E-state index in [-0.39, 0.29) is 0 Å². The van der Waals surface area contributed by atoms with Crippen molar-refractivity contribution in [2.24, 2.45) is 0 Å². The van der Waals surface area contributed by atoms with Crippen molar-refractivity contribution < 1.29 is 0 Å². The molecule has 2 aromatic heterocycles. The van der Waals surface area contributed by atoms with Gasteiger partial charge in [-0.05, 0) is 36.0 Å². The monoisotopic (exact) mass is 290 g/mol. The second-order valence-corrected chi connectivity index (χ2v) is 5.54. The van der Waals surface area contributed by atoms with E-state index in [1.807, 2.05) is 48.5 Å². The Morgan fingerprint density at radius 3 is 1.48 bits per heavy atom. The molecule has 21 heavy (non-hydrogen) atoms. The fourth-order valence-electron chi connectivity index (χ4n) is 2.09. The molecule has 0 fully saturated rings. The average molecular weight is 290 g/mol. The minimum absolute atomic E-state index is 0.818. The molecule has 0 amide bonds. The number of fused-ring (bicyclic) bond motifs is 2. The van der Waals surface area contributed by atoms with Crippen LogP contribution in [0.15, 0.2) is 71.0 Å². The van der Waals surface area contributed by atoms with Gasteiger partial charge in [0.2, 0.25) is 0 Å².